The van der Waals surface area contributed by atoms with Crippen LogP contribution in [0.4, 0.5) is 16.4 Å². The van der Waals surface area contributed by atoms with E-state index in [1.807, 2.05) is 20.8 Å². The number of carbonyl (C=O) groups is 3. The Labute approximate surface area is 240 Å². The first-order chi connectivity index (χ1) is 19.6. The topological polar surface area (TPSA) is 151 Å². The molecule has 3 amide bonds. The van der Waals surface area contributed by atoms with Crippen LogP contribution in [0.5, 0.6) is 0 Å². The summed E-state index contributed by atoms with van der Waals surface area (Å²) in [5, 5.41) is 24.3. The van der Waals surface area contributed by atoms with Crippen LogP contribution in [0, 0.1) is 22.7 Å². The molecule has 6 rings (SSSR count). The molecule has 2 aliphatic carbocycles. The largest absolute Gasteiger partial charge is 0.444 e. The summed E-state index contributed by atoms with van der Waals surface area (Å²) in [4.78, 5) is 38.3. The predicted molar refractivity (Wildman–Crippen MR) is 152 cm³/mol. The molecule has 12 nitrogen and oxygen atoms in total. The summed E-state index contributed by atoms with van der Waals surface area (Å²) in [6, 6.07) is 7.01. The Morgan fingerprint density at radius 1 is 0.854 bits per heavy atom. The zero-order chi connectivity index (χ0) is 29.1. The number of hydrogen-bond donors (Lipinski definition) is 3. The third-order valence-corrected chi connectivity index (χ3v) is 8.67. The van der Waals surface area contributed by atoms with Crippen LogP contribution in [0.25, 0.3) is 0 Å². The van der Waals surface area contributed by atoms with Crippen LogP contribution in [-0.4, -0.2) is 75.0 Å². The van der Waals surface area contributed by atoms with Gasteiger partial charge in [0.15, 0.2) is 11.6 Å². The lowest BCUT2D eigenvalue weighted by Crippen LogP contribution is -2.43. The first kappa shape index (κ1) is 28.8. The fraction of sp³-hybridized carbons (Fsp3) is 0.621. The summed E-state index contributed by atoms with van der Waals surface area (Å²) in [6.07, 6.45) is 8.72. The maximum absolute atomic E-state index is 12.4. The molecule has 2 unspecified atom stereocenters. The lowest BCUT2D eigenvalue weighted by Gasteiger charge is -2.34. The number of rotatable bonds is 4. The van der Waals surface area contributed by atoms with Crippen molar-refractivity contribution in [2.45, 2.75) is 64.9 Å². The summed E-state index contributed by atoms with van der Waals surface area (Å²) in [5.41, 5.74) is -0.173. The molecule has 2 saturated heterocycles. The minimum Gasteiger partial charge on any atom is -0.444 e. The number of nitrogens with zero attached hydrogens (tertiary/aromatic N) is 5. The Hall–Kier alpha value is -3.67. The van der Waals surface area contributed by atoms with Crippen LogP contribution in [0.15, 0.2) is 36.7 Å². The van der Waals surface area contributed by atoms with Gasteiger partial charge in [0.2, 0.25) is 11.8 Å². The number of piperidine rings is 2. The molecular formula is C29H40N8O4. The number of anilines is 2. The zero-order valence-electron chi connectivity index (χ0n) is 24.1. The monoisotopic (exact) mass is 564 g/mol. The van der Waals surface area contributed by atoms with Gasteiger partial charge in [-0.2, -0.15) is 10.2 Å². The molecule has 12 heteroatoms. The molecule has 0 radical (unpaired) electrons. The predicted octanol–water partition coefficient (Wildman–Crippen LogP) is 3.26. The van der Waals surface area contributed by atoms with Crippen LogP contribution in [0.1, 0.15) is 59.3 Å². The second kappa shape index (κ2) is 11.7. The molecule has 2 spiro atoms. The molecule has 2 aromatic rings. The highest BCUT2D eigenvalue weighted by molar-refractivity contribution is 5.94. The third-order valence-electron chi connectivity index (χ3n) is 8.67. The Morgan fingerprint density at radius 2 is 1.34 bits per heavy atom. The smallest absolute Gasteiger partial charge is 0.410 e. The van der Waals surface area contributed by atoms with Crippen molar-refractivity contribution in [1.29, 1.82) is 0 Å². The fourth-order valence-electron chi connectivity index (χ4n) is 6.09. The van der Waals surface area contributed by atoms with Gasteiger partial charge in [-0.05, 0) is 107 Å². The molecule has 220 valence electrons. The molecule has 2 atom stereocenters. The minimum absolute atomic E-state index is 0.000271. The molecule has 4 aliphatic rings. The normalized spacial score (nSPS) is 23.5. The minimum atomic E-state index is -0.481. The average molecular weight is 565 g/mol. The van der Waals surface area contributed by atoms with Gasteiger partial charge in [-0.3, -0.25) is 9.59 Å². The number of amides is 3. The molecule has 2 aliphatic heterocycles. The van der Waals surface area contributed by atoms with Crippen molar-refractivity contribution in [3.05, 3.63) is 36.7 Å². The number of ether oxygens (including phenoxy) is 1. The van der Waals surface area contributed by atoms with Gasteiger partial charge in [-0.15, -0.1) is 10.2 Å². The first-order valence-corrected chi connectivity index (χ1v) is 14.5. The Morgan fingerprint density at radius 3 is 1.78 bits per heavy atom. The van der Waals surface area contributed by atoms with Crippen LogP contribution >= 0.6 is 0 Å². The van der Waals surface area contributed by atoms with Gasteiger partial charge in [-0.25, -0.2) is 4.79 Å². The van der Waals surface area contributed by atoms with Crippen molar-refractivity contribution in [3.63, 3.8) is 0 Å². The van der Waals surface area contributed by atoms with Crippen LogP contribution < -0.4 is 16.0 Å². The van der Waals surface area contributed by atoms with Crippen molar-refractivity contribution in [2.75, 3.05) is 36.8 Å². The highest BCUT2D eigenvalue weighted by Gasteiger charge is 2.59. The van der Waals surface area contributed by atoms with E-state index in [1.165, 1.54) is 0 Å². The van der Waals surface area contributed by atoms with Crippen molar-refractivity contribution in [2.24, 2.45) is 22.7 Å². The maximum Gasteiger partial charge on any atom is 0.410 e. The summed E-state index contributed by atoms with van der Waals surface area (Å²) >= 11 is 0. The number of likely N-dealkylation sites (tertiary alicyclic amines) is 1. The molecule has 41 heavy (non-hydrogen) atoms. The molecular weight excluding hydrogens is 524 g/mol. The van der Waals surface area contributed by atoms with Crippen LogP contribution in [0.2, 0.25) is 0 Å². The second-order valence-corrected chi connectivity index (χ2v) is 12.7. The molecule has 0 bridgehead atoms. The second-order valence-electron chi connectivity index (χ2n) is 12.7. The zero-order valence-corrected chi connectivity index (χ0v) is 24.1. The van der Waals surface area contributed by atoms with Gasteiger partial charge in [-0.1, -0.05) is 0 Å². The van der Waals surface area contributed by atoms with Crippen molar-refractivity contribution < 1.29 is 19.1 Å². The van der Waals surface area contributed by atoms with E-state index in [0.717, 1.165) is 51.6 Å². The van der Waals surface area contributed by atoms with E-state index in [1.54, 1.807) is 41.6 Å². The molecule has 2 aromatic heterocycles. The molecule has 2 saturated carbocycles. The summed E-state index contributed by atoms with van der Waals surface area (Å²) in [6.45, 7) is 8.95. The van der Waals surface area contributed by atoms with E-state index in [9.17, 15) is 14.4 Å². The fourth-order valence-corrected chi connectivity index (χ4v) is 6.09. The van der Waals surface area contributed by atoms with E-state index in [2.05, 4.69) is 36.3 Å². The van der Waals surface area contributed by atoms with E-state index in [0.29, 0.717) is 24.7 Å². The van der Waals surface area contributed by atoms with Gasteiger partial charge in [0.05, 0.1) is 0 Å². The highest BCUT2D eigenvalue weighted by atomic mass is 16.6. The molecule has 4 fully saturated rings. The Kier molecular flexibility index (Phi) is 8.21. The van der Waals surface area contributed by atoms with Gasteiger partial charge in [0.1, 0.15) is 5.60 Å². The molecule has 3 N–H and O–H groups in total. The average Bonchev–Trinajstić information content (AvgIpc) is 3.85. The lowest BCUT2D eigenvalue weighted by molar-refractivity contribution is -0.119. The number of hydrogen-bond acceptors (Lipinski definition) is 9. The number of carbonyl (C=O) groups excluding carboxylic acids is 3. The SMILES string of the molecule is CC(C)(C)OC(=O)N1CCC2(CC1)CC2C(=O)Nc1cccnn1.O=C(Nc1cccnn1)C1CC12CCNCC2. The summed E-state index contributed by atoms with van der Waals surface area (Å²) < 4.78 is 5.41. The number of nitrogens with one attached hydrogen (secondary N) is 3. The Balaban J connectivity index is 0.000000174. The van der Waals surface area contributed by atoms with Crippen molar-refractivity contribution in [3.8, 4) is 0 Å². The van der Waals surface area contributed by atoms with Gasteiger partial charge in [0.25, 0.3) is 0 Å². The van der Waals surface area contributed by atoms with Gasteiger partial charge in [0, 0.05) is 37.3 Å². The van der Waals surface area contributed by atoms with Gasteiger partial charge < -0.3 is 25.6 Å². The van der Waals surface area contributed by atoms with E-state index in [4.69, 9.17) is 4.74 Å². The summed E-state index contributed by atoms with van der Waals surface area (Å²) in [5.74, 6) is 1.31. The van der Waals surface area contributed by atoms with Crippen molar-refractivity contribution >= 4 is 29.5 Å². The van der Waals surface area contributed by atoms with E-state index < -0.39 is 5.60 Å². The summed E-state index contributed by atoms with van der Waals surface area (Å²) in [7, 11) is 0. The van der Waals surface area contributed by atoms with Crippen LogP contribution in [0.3, 0.4) is 0 Å². The van der Waals surface area contributed by atoms with Crippen LogP contribution in [-0.2, 0) is 14.3 Å². The molecule has 4 heterocycles. The number of aromatic nitrogens is 4. The standard InChI is InChI=1S/C17H24N4O3.C12H16N4O/c1-16(2,3)24-15(23)21-9-6-17(7-10-21)11-12(17)14(22)19-13-5-4-8-18-20-13;17-11(15-10-2-1-5-14-16-10)9-8-12(9)3-6-13-7-4-12/h4-5,8,12H,6-7,9-11H2,1-3H3,(H,19,20,22);1-2,5,9,13H,3-4,6-8H2,(H,15,16,17). The first-order valence-electron chi connectivity index (χ1n) is 14.5. The quantitative estimate of drug-likeness (QED) is 0.508. The Bertz CT molecular complexity index is 1220. The molecule has 0 aromatic carbocycles. The van der Waals surface area contributed by atoms with Gasteiger partial charge >= 0.3 is 6.09 Å². The van der Waals surface area contributed by atoms with E-state index >= 15 is 0 Å². The highest BCUT2D eigenvalue weighted by Crippen LogP contribution is 2.60. The maximum atomic E-state index is 12.4. The van der Waals surface area contributed by atoms with Crippen molar-refractivity contribution in [1.82, 2.24) is 30.6 Å². The van der Waals surface area contributed by atoms with E-state index in [-0.39, 0.29) is 40.6 Å². The third kappa shape index (κ3) is 7.16. The lowest BCUT2D eigenvalue weighted by atomic mass is 9.91.